The third-order valence-electron chi connectivity index (χ3n) is 5.70. The molecule has 0 aliphatic carbocycles. The lowest BCUT2D eigenvalue weighted by atomic mass is 9.91. The Morgan fingerprint density at radius 1 is 1.28 bits per heavy atom. The first-order valence-electron chi connectivity index (χ1n) is 10.8. The maximum atomic E-state index is 12.8. The first-order valence-corrected chi connectivity index (χ1v) is 10.8. The number of H-pyrrole nitrogens is 1. The Balaban J connectivity index is 1.50. The molecule has 2 aromatic heterocycles. The third kappa shape index (κ3) is 5.49. The van der Waals surface area contributed by atoms with Crippen LogP contribution in [0.5, 0.6) is 0 Å². The SMILES string of the molecule is CCCC(CCC)C(=O)N1CCC(c2cc(C(=O)NCc3ccco3)n[nH]2)CC1. The molecule has 0 spiro atoms. The minimum atomic E-state index is -0.224. The van der Waals surface area contributed by atoms with Crippen LogP contribution in [-0.2, 0) is 11.3 Å². The van der Waals surface area contributed by atoms with Gasteiger partial charge in [0, 0.05) is 30.6 Å². The van der Waals surface area contributed by atoms with Crippen LogP contribution in [-0.4, -0.2) is 40.0 Å². The molecule has 0 atom stereocenters. The smallest absolute Gasteiger partial charge is 0.272 e. The number of amides is 2. The van der Waals surface area contributed by atoms with Crippen LogP contribution >= 0.6 is 0 Å². The summed E-state index contributed by atoms with van der Waals surface area (Å²) in [7, 11) is 0. The molecule has 7 heteroatoms. The zero-order chi connectivity index (χ0) is 20.6. The van der Waals surface area contributed by atoms with Crippen LogP contribution in [0.15, 0.2) is 28.9 Å². The topological polar surface area (TPSA) is 91.2 Å². The monoisotopic (exact) mass is 400 g/mol. The average Bonchev–Trinajstić information content (AvgIpc) is 3.44. The standard InChI is InChI=1S/C22H32N4O3/c1-3-6-17(7-4-2)22(28)26-11-9-16(10-12-26)19-14-20(25-24-19)21(27)23-15-18-8-5-13-29-18/h5,8,13-14,16-17H,3-4,6-7,9-12,15H2,1-2H3,(H,23,27)(H,24,25). The van der Waals surface area contributed by atoms with Gasteiger partial charge in [-0.3, -0.25) is 14.7 Å². The Labute approximate surface area is 172 Å². The van der Waals surface area contributed by atoms with E-state index in [1.54, 1.807) is 12.3 Å². The predicted octanol–water partition coefficient (Wildman–Crippen LogP) is 3.86. The highest BCUT2D eigenvalue weighted by Gasteiger charge is 2.29. The molecule has 1 aliphatic heterocycles. The third-order valence-corrected chi connectivity index (χ3v) is 5.70. The van der Waals surface area contributed by atoms with E-state index in [0.29, 0.717) is 29.8 Å². The van der Waals surface area contributed by atoms with Crippen molar-refractivity contribution in [2.45, 2.75) is 64.8 Å². The number of hydrogen-bond acceptors (Lipinski definition) is 4. The maximum absolute atomic E-state index is 12.8. The highest BCUT2D eigenvalue weighted by atomic mass is 16.3. The molecular formula is C22H32N4O3. The second-order valence-electron chi connectivity index (χ2n) is 7.84. The summed E-state index contributed by atoms with van der Waals surface area (Å²) in [6.45, 7) is 6.16. The molecule has 0 unspecified atom stereocenters. The van der Waals surface area contributed by atoms with Gasteiger partial charge in [-0.1, -0.05) is 26.7 Å². The summed E-state index contributed by atoms with van der Waals surface area (Å²) < 4.78 is 5.22. The summed E-state index contributed by atoms with van der Waals surface area (Å²) in [5.41, 5.74) is 1.36. The van der Waals surface area contributed by atoms with Gasteiger partial charge in [0.2, 0.25) is 5.91 Å². The van der Waals surface area contributed by atoms with Gasteiger partial charge in [-0.05, 0) is 43.9 Å². The van der Waals surface area contributed by atoms with Gasteiger partial charge in [0.25, 0.3) is 5.91 Å². The number of furan rings is 1. The molecule has 0 bridgehead atoms. The van der Waals surface area contributed by atoms with Gasteiger partial charge in [0.05, 0.1) is 12.8 Å². The molecular weight excluding hydrogens is 368 g/mol. The van der Waals surface area contributed by atoms with E-state index in [4.69, 9.17) is 4.42 Å². The zero-order valence-corrected chi connectivity index (χ0v) is 17.4. The molecule has 0 saturated carbocycles. The van der Waals surface area contributed by atoms with Gasteiger partial charge in [0.1, 0.15) is 11.5 Å². The summed E-state index contributed by atoms with van der Waals surface area (Å²) in [5.74, 6) is 1.26. The predicted molar refractivity (Wildman–Crippen MR) is 110 cm³/mol. The van der Waals surface area contributed by atoms with Crippen LogP contribution in [0.3, 0.4) is 0 Å². The second-order valence-corrected chi connectivity index (χ2v) is 7.84. The van der Waals surface area contributed by atoms with Gasteiger partial charge in [0.15, 0.2) is 0 Å². The van der Waals surface area contributed by atoms with Crippen LogP contribution in [0.1, 0.15) is 80.2 Å². The molecule has 2 amide bonds. The van der Waals surface area contributed by atoms with E-state index in [1.807, 2.05) is 17.0 Å². The summed E-state index contributed by atoms with van der Waals surface area (Å²) in [4.78, 5) is 27.1. The molecule has 158 valence electrons. The van der Waals surface area contributed by atoms with Crippen molar-refractivity contribution in [3.8, 4) is 0 Å². The maximum Gasteiger partial charge on any atom is 0.272 e. The Kier molecular flexibility index (Phi) is 7.49. The van der Waals surface area contributed by atoms with Gasteiger partial charge in [-0.25, -0.2) is 0 Å². The summed E-state index contributed by atoms with van der Waals surface area (Å²) in [6.07, 6.45) is 7.42. The number of carbonyl (C=O) groups excluding carboxylic acids is 2. The fraction of sp³-hybridized carbons (Fsp3) is 0.591. The van der Waals surface area contributed by atoms with Crippen molar-refractivity contribution >= 4 is 11.8 Å². The number of rotatable bonds is 9. The molecule has 0 aromatic carbocycles. The number of piperidine rings is 1. The van der Waals surface area contributed by atoms with Crippen LogP contribution in [0, 0.1) is 5.92 Å². The molecule has 29 heavy (non-hydrogen) atoms. The fourth-order valence-electron chi connectivity index (χ4n) is 4.09. The van der Waals surface area contributed by atoms with Gasteiger partial charge < -0.3 is 14.6 Å². The van der Waals surface area contributed by atoms with Crippen molar-refractivity contribution in [1.82, 2.24) is 20.4 Å². The van der Waals surface area contributed by atoms with Crippen molar-refractivity contribution in [3.63, 3.8) is 0 Å². The molecule has 3 rings (SSSR count). The Hall–Kier alpha value is -2.57. The van der Waals surface area contributed by atoms with E-state index < -0.39 is 0 Å². The lowest BCUT2D eigenvalue weighted by Gasteiger charge is -2.34. The second kappa shape index (κ2) is 10.3. The molecule has 1 fully saturated rings. The number of likely N-dealkylation sites (tertiary alicyclic amines) is 1. The number of carbonyl (C=O) groups is 2. The zero-order valence-electron chi connectivity index (χ0n) is 17.4. The molecule has 2 aromatic rings. The molecule has 3 heterocycles. The Morgan fingerprint density at radius 2 is 2.00 bits per heavy atom. The summed E-state index contributed by atoms with van der Waals surface area (Å²) in [5, 5.41) is 10.0. The van der Waals surface area contributed by atoms with Crippen LogP contribution < -0.4 is 5.32 Å². The van der Waals surface area contributed by atoms with Gasteiger partial charge >= 0.3 is 0 Å². The van der Waals surface area contributed by atoms with Crippen molar-refractivity contribution in [2.24, 2.45) is 5.92 Å². The normalized spacial score (nSPS) is 15.1. The van der Waals surface area contributed by atoms with Crippen molar-refractivity contribution in [1.29, 1.82) is 0 Å². The van der Waals surface area contributed by atoms with E-state index in [2.05, 4.69) is 29.4 Å². The van der Waals surface area contributed by atoms with E-state index in [1.165, 1.54) is 0 Å². The van der Waals surface area contributed by atoms with Crippen molar-refractivity contribution in [2.75, 3.05) is 13.1 Å². The van der Waals surface area contributed by atoms with Crippen molar-refractivity contribution < 1.29 is 14.0 Å². The molecule has 7 nitrogen and oxygen atoms in total. The largest absolute Gasteiger partial charge is 0.467 e. The lowest BCUT2D eigenvalue weighted by Crippen LogP contribution is -2.41. The highest BCUT2D eigenvalue weighted by molar-refractivity contribution is 5.92. The fourth-order valence-corrected chi connectivity index (χ4v) is 4.09. The van der Waals surface area contributed by atoms with Crippen LogP contribution in [0.2, 0.25) is 0 Å². The minimum Gasteiger partial charge on any atom is -0.467 e. The molecule has 2 N–H and O–H groups in total. The summed E-state index contributed by atoms with van der Waals surface area (Å²) >= 11 is 0. The first kappa shape index (κ1) is 21.1. The molecule has 1 aliphatic rings. The molecule has 0 radical (unpaired) electrons. The first-order chi connectivity index (χ1) is 14.1. The van der Waals surface area contributed by atoms with E-state index in [9.17, 15) is 9.59 Å². The van der Waals surface area contributed by atoms with Crippen LogP contribution in [0.25, 0.3) is 0 Å². The molecule has 1 saturated heterocycles. The van der Waals surface area contributed by atoms with Crippen LogP contribution in [0.4, 0.5) is 0 Å². The number of nitrogens with one attached hydrogen (secondary N) is 2. The highest BCUT2D eigenvalue weighted by Crippen LogP contribution is 2.29. The average molecular weight is 401 g/mol. The number of hydrogen-bond donors (Lipinski definition) is 2. The quantitative estimate of drug-likeness (QED) is 0.669. The lowest BCUT2D eigenvalue weighted by molar-refractivity contribution is -0.137. The van der Waals surface area contributed by atoms with Gasteiger partial charge in [-0.15, -0.1) is 0 Å². The van der Waals surface area contributed by atoms with Gasteiger partial charge in [-0.2, -0.15) is 5.10 Å². The minimum absolute atomic E-state index is 0.165. The number of nitrogens with zero attached hydrogens (tertiary/aromatic N) is 2. The summed E-state index contributed by atoms with van der Waals surface area (Å²) in [6, 6.07) is 5.44. The van der Waals surface area contributed by atoms with E-state index in [-0.39, 0.29) is 11.8 Å². The Bertz CT molecular complexity index is 770. The van der Waals surface area contributed by atoms with E-state index in [0.717, 1.165) is 57.3 Å². The van der Waals surface area contributed by atoms with E-state index >= 15 is 0 Å². The number of aromatic amines is 1. The number of aromatic nitrogens is 2. The Morgan fingerprint density at radius 3 is 2.62 bits per heavy atom. The van der Waals surface area contributed by atoms with Crippen molar-refractivity contribution in [3.05, 3.63) is 41.6 Å².